The lowest BCUT2D eigenvalue weighted by Crippen LogP contribution is -2.40. The Bertz CT molecular complexity index is 1060. The quantitative estimate of drug-likeness (QED) is 0.637. The molecule has 0 spiro atoms. The van der Waals surface area contributed by atoms with Crippen LogP contribution in [-0.4, -0.2) is 53.7 Å². The summed E-state index contributed by atoms with van der Waals surface area (Å²) in [7, 11) is 0. The van der Waals surface area contributed by atoms with Gasteiger partial charge in [0.15, 0.2) is 0 Å². The average Bonchev–Trinajstić information content (AvgIpc) is 3.39. The van der Waals surface area contributed by atoms with Gasteiger partial charge in [0.25, 0.3) is 0 Å². The molecule has 4 rings (SSSR count). The van der Waals surface area contributed by atoms with Gasteiger partial charge >= 0.3 is 12.1 Å². The Hall–Kier alpha value is -3.79. The third kappa shape index (κ3) is 4.85. The summed E-state index contributed by atoms with van der Waals surface area (Å²) in [6.07, 6.45) is 6.38. The molecule has 0 unspecified atom stereocenters. The molecule has 0 heterocycles. The first-order valence-electron chi connectivity index (χ1n) is 11.0. The Morgan fingerprint density at radius 1 is 1.06 bits per heavy atom. The molecule has 1 fully saturated rings. The van der Waals surface area contributed by atoms with Crippen LogP contribution in [0.15, 0.2) is 48.5 Å². The van der Waals surface area contributed by atoms with Gasteiger partial charge in [-0.05, 0) is 41.5 Å². The van der Waals surface area contributed by atoms with Gasteiger partial charge in [0.05, 0.1) is 6.54 Å². The summed E-state index contributed by atoms with van der Waals surface area (Å²) in [5, 5.41) is 11.9. The Morgan fingerprint density at radius 2 is 1.70 bits per heavy atom. The normalized spacial score (nSPS) is 18.6. The number of benzene rings is 2. The summed E-state index contributed by atoms with van der Waals surface area (Å²) >= 11 is 0. The molecule has 170 valence electrons. The monoisotopic (exact) mass is 446 g/mol. The zero-order valence-corrected chi connectivity index (χ0v) is 18.2. The van der Waals surface area contributed by atoms with Gasteiger partial charge in [-0.1, -0.05) is 54.5 Å². The number of carbonyl (C=O) groups is 3. The number of nitrogens with one attached hydrogen (secondary N) is 1. The number of aliphatic carboxylic acids is 1. The number of rotatable bonds is 7. The molecule has 7 nitrogen and oxygen atoms in total. The number of amides is 2. The van der Waals surface area contributed by atoms with Crippen molar-refractivity contribution in [3.8, 4) is 23.5 Å². The van der Waals surface area contributed by atoms with Gasteiger partial charge < -0.3 is 20.1 Å². The lowest BCUT2D eigenvalue weighted by Gasteiger charge is -2.22. The molecule has 33 heavy (non-hydrogen) atoms. The highest BCUT2D eigenvalue weighted by atomic mass is 16.5. The molecule has 1 saturated carbocycles. The van der Waals surface area contributed by atoms with Crippen LogP contribution in [-0.2, 0) is 14.3 Å². The van der Waals surface area contributed by atoms with Crippen molar-refractivity contribution in [2.24, 2.45) is 5.92 Å². The van der Waals surface area contributed by atoms with Crippen LogP contribution in [0.3, 0.4) is 0 Å². The van der Waals surface area contributed by atoms with E-state index >= 15 is 0 Å². The standard InChI is InChI=1S/C26H26N2O5/c1-2-13-28(15-24(29)30)25(31)17-11-12-18(14-17)27-26(32)33-16-23-21-9-5-3-7-19(21)20-8-4-6-10-22(20)23/h1,3-10,17-18,23H,11-16H2,(H,27,32)(H,29,30)/t17-,18+/m1/s1. The van der Waals surface area contributed by atoms with E-state index in [1.807, 2.05) is 24.3 Å². The Morgan fingerprint density at radius 3 is 2.30 bits per heavy atom. The number of carbonyl (C=O) groups excluding carboxylic acids is 2. The summed E-state index contributed by atoms with van der Waals surface area (Å²) in [6.45, 7) is -0.250. The fourth-order valence-corrected chi connectivity index (χ4v) is 4.89. The minimum Gasteiger partial charge on any atom is -0.480 e. The minimum atomic E-state index is -1.11. The molecular formula is C26H26N2O5. The lowest BCUT2D eigenvalue weighted by atomic mass is 9.98. The van der Waals surface area contributed by atoms with Crippen molar-refractivity contribution >= 4 is 18.0 Å². The number of nitrogens with zero attached hydrogens (tertiary/aromatic N) is 1. The molecule has 0 aromatic heterocycles. The number of alkyl carbamates (subject to hydrolysis) is 1. The Labute approximate surface area is 192 Å². The van der Waals surface area contributed by atoms with E-state index in [1.54, 1.807) is 0 Å². The van der Waals surface area contributed by atoms with Gasteiger partial charge in [0.1, 0.15) is 13.2 Å². The van der Waals surface area contributed by atoms with E-state index in [0.717, 1.165) is 22.3 Å². The zero-order valence-electron chi connectivity index (χ0n) is 18.2. The maximum Gasteiger partial charge on any atom is 0.407 e. The van der Waals surface area contributed by atoms with Crippen molar-refractivity contribution in [2.75, 3.05) is 19.7 Å². The van der Waals surface area contributed by atoms with Crippen molar-refractivity contribution in [3.63, 3.8) is 0 Å². The van der Waals surface area contributed by atoms with Crippen LogP contribution in [0.4, 0.5) is 4.79 Å². The van der Waals surface area contributed by atoms with E-state index in [-0.39, 0.29) is 36.9 Å². The highest BCUT2D eigenvalue weighted by molar-refractivity contribution is 5.84. The van der Waals surface area contributed by atoms with Crippen LogP contribution >= 0.6 is 0 Å². The average molecular weight is 447 g/mol. The van der Waals surface area contributed by atoms with E-state index in [2.05, 4.69) is 35.5 Å². The maximum absolute atomic E-state index is 12.7. The first-order chi connectivity index (χ1) is 16.0. The number of ether oxygens (including phenoxy) is 1. The van der Waals surface area contributed by atoms with Gasteiger partial charge in [0.2, 0.25) is 5.91 Å². The molecule has 0 bridgehead atoms. The van der Waals surface area contributed by atoms with Crippen LogP contribution in [0.25, 0.3) is 11.1 Å². The number of carboxylic acids is 1. The van der Waals surface area contributed by atoms with Gasteiger partial charge in [0, 0.05) is 17.9 Å². The first kappa shape index (κ1) is 22.4. The SMILES string of the molecule is C#CCN(CC(=O)O)C(=O)[C@@H]1CC[C@H](NC(=O)OCC2c3ccccc3-c3ccccc32)C1. The summed E-state index contributed by atoms with van der Waals surface area (Å²) < 4.78 is 5.59. The van der Waals surface area contributed by atoms with Crippen molar-refractivity contribution < 1.29 is 24.2 Å². The van der Waals surface area contributed by atoms with Crippen LogP contribution < -0.4 is 5.32 Å². The van der Waals surface area contributed by atoms with Crippen molar-refractivity contribution in [2.45, 2.75) is 31.2 Å². The number of hydrogen-bond acceptors (Lipinski definition) is 4. The van der Waals surface area contributed by atoms with Crippen molar-refractivity contribution in [1.29, 1.82) is 0 Å². The molecule has 2 aliphatic carbocycles. The van der Waals surface area contributed by atoms with E-state index in [1.165, 1.54) is 4.90 Å². The summed E-state index contributed by atoms with van der Waals surface area (Å²) in [5.74, 6) is 0.556. The van der Waals surface area contributed by atoms with E-state index in [4.69, 9.17) is 16.3 Å². The second-order valence-corrected chi connectivity index (χ2v) is 8.47. The zero-order chi connectivity index (χ0) is 23.4. The van der Waals surface area contributed by atoms with Gasteiger partial charge in [-0.15, -0.1) is 6.42 Å². The number of hydrogen-bond donors (Lipinski definition) is 2. The Balaban J connectivity index is 1.32. The van der Waals surface area contributed by atoms with Crippen LogP contribution in [0.1, 0.15) is 36.3 Å². The molecule has 0 saturated heterocycles. The van der Waals surface area contributed by atoms with Crippen LogP contribution in [0.5, 0.6) is 0 Å². The number of carboxylic acid groups (broad SMARTS) is 1. The molecule has 7 heteroatoms. The smallest absolute Gasteiger partial charge is 0.407 e. The lowest BCUT2D eigenvalue weighted by molar-refractivity contribution is -0.145. The molecule has 2 N–H and O–H groups in total. The fraction of sp³-hybridized carbons (Fsp3) is 0.346. The second kappa shape index (κ2) is 9.78. The molecule has 2 atom stereocenters. The molecule has 2 aromatic rings. The van der Waals surface area contributed by atoms with Crippen LogP contribution in [0.2, 0.25) is 0 Å². The van der Waals surface area contributed by atoms with Gasteiger partial charge in [-0.25, -0.2) is 4.79 Å². The maximum atomic E-state index is 12.7. The molecule has 2 aromatic carbocycles. The number of terminal acetylenes is 1. The van der Waals surface area contributed by atoms with Crippen molar-refractivity contribution in [1.82, 2.24) is 10.2 Å². The molecule has 0 aliphatic heterocycles. The second-order valence-electron chi connectivity index (χ2n) is 8.47. The van der Waals surface area contributed by atoms with Crippen molar-refractivity contribution in [3.05, 3.63) is 59.7 Å². The molecule has 2 aliphatic rings. The summed E-state index contributed by atoms with van der Waals surface area (Å²) in [4.78, 5) is 37.3. The summed E-state index contributed by atoms with van der Waals surface area (Å²) in [5.41, 5.74) is 4.62. The fourth-order valence-electron chi connectivity index (χ4n) is 4.89. The highest BCUT2D eigenvalue weighted by Gasteiger charge is 2.34. The molecule has 0 radical (unpaired) electrons. The van der Waals surface area contributed by atoms with Crippen LogP contribution in [0, 0.1) is 18.3 Å². The van der Waals surface area contributed by atoms with Gasteiger partial charge in [-0.2, -0.15) is 0 Å². The topological polar surface area (TPSA) is 95.9 Å². The van der Waals surface area contributed by atoms with E-state index < -0.39 is 18.6 Å². The first-order valence-corrected chi connectivity index (χ1v) is 11.0. The summed E-state index contributed by atoms with van der Waals surface area (Å²) in [6, 6.07) is 16.1. The predicted octanol–water partition coefficient (Wildman–Crippen LogP) is 3.24. The largest absolute Gasteiger partial charge is 0.480 e. The predicted molar refractivity (Wildman–Crippen MR) is 122 cm³/mol. The Kier molecular flexibility index (Phi) is 6.64. The third-order valence-electron chi connectivity index (χ3n) is 6.37. The van der Waals surface area contributed by atoms with E-state index in [0.29, 0.717) is 19.3 Å². The van der Waals surface area contributed by atoms with E-state index in [9.17, 15) is 14.4 Å². The molecular weight excluding hydrogens is 420 g/mol. The third-order valence-corrected chi connectivity index (χ3v) is 6.37. The van der Waals surface area contributed by atoms with Gasteiger partial charge in [-0.3, -0.25) is 9.59 Å². The highest BCUT2D eigenvalue weighted by Crippen LogP contribution is 2.44. The molecule has 2 amide bonds. The number of fused-ring (bicyclic) bond motifs is 3. The minimum absolute atomic E-state index is 0.0191.